The Balaban J connectivity index is 0.000000154. The number of nitrogens with zero attached hydrogens (tertiary/aromatic N) is 7. The molecule has 0 saturated carbocycles. The van der Waals surface area contributed by atoms with Crippen LogP contribution in [0.15, 0.2) is 109 Å². The van der Waals surface area contributed by atoms with Crippen molar-refractivity contribution in [3.63, 3.8) is 0 Å². The summed E-state index contributed by atoms with van der Waals surface area (Å²) >= 11 is 9.49. The molecule has 0 aliphatic carbocycles. The molecule has 0 aliphatic rings. The number of halogens is 1. The second-order valence-corrected chi connectivity index (χ2v) is 16.1. The van der Waals surface area contributed by atoms with Crippen molar-refractivity contribution in [3.05, 3.63) is 115 Å². The van der Waals surface area contributed by atoms with Gasteiger partial charge < -0.3 is 32.3 Å². The minimum Gasteiger partial charge on any atom is -0.368 e. The number of rotatable bonds is 7. The maximum absolute atomic E-state index is 5.98. The number of nitrogens with one attached hydrogen (secondary N) is 5. The zero-order chi connectivity index (χ0) is 41.0. The number of anilines is 7. The number of hydrogen-bond acceptors (Lipinski definition) is 14. The van der Waals surface area contributed by atoms with Crippen LogP contribution in [0.1, 0.15) is 0 Å². The zero-order valence-electron chi connectivity index (χ0n) is 32.4. The van der Waals surface area contributed by atoms with Gasteiger partial charge in [0.05, 0.1) is 23.4 Å². The summed E-state index contributed by atoms with van der Waals surface area (Å²) in [6, 6.07) is 32.9. The first kappa shape index (κ1) is 39.0. The lowest BCUT2D eigenvalue weighted by Crippen LogP contribution is -2.13. The summed E-state index contributed by atoms with van der Waals surface area (Å²) in [7, 11) is 7.59. The SMILES string of the molecule is CN(C)c1cc(Nc2cc(-c3cc4ccccc4s3)c3[nH]ncc3c2)nc(N)n1.CNC.Nc1nc(Cl)cc(Nc2cc(-c3cc4ccccc4s3)c3[nH]ncc3c2)n1. The van der Waals surface area contributed by atoms with Crippen LogP contribution in [-0.4, -0.2) is 68.5 Å². The van der Waals surface area contributed by atoms with Gasteiger partial charge in [-0.3, -0.25) is 10.2 Å². The lowest BCUT2D eigenvalue weighted by atomic mass is 10.1. The van der Waals surface area contributed by atoms with Gasteiger partial charge in [-0.2, -0.15) is 25.1 Å². The molecule has 59 heavy (non-hydrogen) atoms. The summed E-state index contributed by atoms with van der Waals surface area (Å²) in [4.78, 5) is 20.9. The molecule has 10 rings (SSSR count). The van der Waals surface area contributed by atoms with E-state index in [2.05, 4.69) is 123 Å². The zero-order valence-corrected chi connectivity index (χ0v) is 34.8. The van der Waals surface area contributed by atoms with E-state index in [0.717, 1.165) is 55.0 Å². The molecule has 296 valence electrons. The van der Waals surface area contributed by atoms with Crippen LogP contribution in [0.25, 0.3) is 62.9 Å². The Morgan fingerprint density at radius 3 is 1.54 bits per heavy atom. The van der Waals surface area contributed by atoms with Crippen LogP contribution in [0.4, 0.5) is 40.7 Å². The van der Waals surface area contributed by atoms with Crippen LogP contribution in [0.5, 0.6) is 0 Å². The third-order valence-corrected chi connectivity index (χ3v) is 11.4. The highest BCUT2D eigenvalue weighted by Gasteiger charge is 2.15. The van der Waals surface area contributed by atoms with Crippen LogP contribution in [0.3, 0.4) is 0 Å². The predicted octanol–water partition coefficient (Wildman–Crippen LogP) is 9.68. The fourth-order valence-corrected chi connectivity index (χ4v) is 8.78. The normalized spacial score (nSPS) is 11.0. The number of nitrogen functional groups attached to an aromatic ring is 2. The van der Waals surface area contributed by atoms with Gasteiger partial charge in [0, 0.05) is 78.7 Å². The third kappa shape index (κ3) is 8.70. The Hall–Kier alpha value is -6.85. The van der Waals surface area contributed by atoms with Gasteiger partial charge in [-0.05, 0) is 73.4 Å². The highest BCUT2D eigenvalue weighted by Crippen LogP contribution is 2.40. The summed E-state index contributed by atoms with van der Waals surface area (Å²) in [6.45, 7) is 0. The molecule has 0 spiro atoms. The van der Waals surface area contributed by atoms with Crippen molar-refractivity contribution in [2.75, 3.05) is 55.2 Å². The number of fused-ring (bicyclic) bond motifs is 4. The maximum Gasteiger partial charge on any atom is 0.223 e. The summed E-state index contributed by atoms with van der Waals surface area (Å²) < 4.78 is 2.50. The van der Waals surface area contributed by atoms with Crippen molar-refractivity contribution in [2.45, 2.75) is 0 Å². The first-order valence-electron chi connectivity index (χ1n) is 18.3. The molecule has 4 aromatic carbocycles. The van der Waals surface area contributed by atoms with E-state index in [4.69, 9.17) is 23.1 Å². The molecular formula is C42H39ClN14S2. The van der Waals surface area contributed by atoms with E-state index < -0.39 is 0 Å². The Labute approximate surface area is 351 Å². The van der Waals surface area contributed by atoms with Crippen molar-refractivity contribution >= 4 is 117 Å². The van der Waals surface area contributed by atoms with Gasteiger partial charge >= 0.3 is 0 Å². The molecule has 9 N–H and O–H groups in total. The smallest absolute Gasteiger partial charge is 0.223 e. The molecule has 10 aromatic rings. The van der Waals surface area contributed by atoms with Crippen LogP contribution in [-0.2, 0) is 0 Å². The monoisotopic (exact) mass is 838 g/mol. The van der Waals surface area contributed by atoms with Gasteiger partial charge in [0.25, 0.3) is 0 Å². The van der Waals surface area contributed by atoms with E-state index in [1.165, 1.54) is 25.0 Å². The molecule has 0 atom stereocenters. The van der Waals surface area contributed by atoms with Crippen LogP contribution in [0.2, 0.25) is 5.15 Å². The highest BCUT2D eigenvalue weighted by atomic mass is 35.5. The number of aromatic nitrogens is 8. The van der Waals surface area contributed by atoms with Gasteiger partial charge in [-0.1, -0.05) is 48.0 Å². The largest absolute Gasteiger partial charge is 0.368 e. The molecule has 17 heteroatoms. The quantitative estimate of drug-likeness (QED) is 0.0751. The standard InChI is InChI=1S/C21H19N7S.C19H13ClN6S.C2H7N/c1-28(2)19-10-18(25-21(22)26-19)24-14-7-13-11-23-27-20(13)15(9-14)17-8-12-5-3-4-6-16(12)29-17;20-16-8-17(25-19(21)24-16)23-12-5-11-9-22-26-18(11)13(7-12)15-6-10-3-1-2-4-14(10)27-15;1-3-2/h3-11H,1-2H3,(H,23,27)(H3,22,24,25,26);1-9H,(H,22,26)(H3,21,23,24,25);3H,1-2H3. The highest BCUT2D eigenvalue weighted by molar-refractivity contribution is 7.22. The summed E-state index contributed by atoms with van der Waals surface area (Å²) in [5.74, 6) is 2.28. The average Bonchev–Trinajstić information content (AvgIpc) is 4.03. The van der Waals surface area contributed by atoms with E-state index in [0.29, 0.717) is 16.8 Å². The Bertz CT molecular complexity index is 2970. The number of aromatic amines is 2. The van der Waals surface area contributed by atoms with E-state index in [-0.39, 0.29) is 11.9 Å². The summed E-state index contributed by atoms with van der Waals surface area (Å²) in [6.07, 6.45) is 3.63. The minimum absolute atomic E-state index is 0.124. The predicted molar refractivity (Wildman–Crippen MR) is 248 cm³/mol. The molecule has 6 heterocycles. The second-order valence-electron chi connectivity index (χ2n) is 13.6. The topological polar surface area (TPSA) is 200 Å². The fraction of sp³-hybridized carbons (Fsp3) is 0.0952. The van der Waals surface area contributed by atoms with Gasteiger partial charge in [0.15, 0.2) is 0 Å². The molecule has 0 unspecified atom stereocenters. The molecule has 0 bridgehead atoms. The maximum atomic E-state index is 5.98. The molecule has 0 aliphatic heterocycles. The van der Waals surface area contributed by atoms with Crippen molar-refractivity contribution in [3.8, 4) is 20.9 Å². The minimum atomic E-state index is 0.124. The first-order valence-corrected chi connectivity index (χ1v) is 20.3. The average molecular weight is 839 g/mol. The number of benzene rings is 4. The Morgan fingerprint density at radius 1 is 0.593 bits per heavy atom. The molecule has 6 aromatic heterocycles. The molecule has 0 fully saturated rings. The van der Waals surface area contributed by atoms with Gasteiger partial charge in [0.1, 0.15) is 22.6 Å². The molecule has 0 radical (unpaired) electrons. The van der Waals surface area contributed by atoms with Crippen LogP contribution < -0.4 is 32.3 Å². The number of hydrogen-bond donors (Lipinski definition) is 7. The van der Waals surface area contributed by atoms with Crippen molar-refractivity contribution in [2.24, 2.45) is 0 Å². The van der Waals surface area contributed by atoms with Crippen LogP contribution in [0, 0.1) is 0 Å². The first-order chi connectivity index (χ1) is 28.6. The number of H-pyrrole nitrogens is 2. The number of thiophene rings is 2. The number of nitrogens with two attached hydrogens (primary N) is 2. The van der Waals surface area contributed by atoms with Crippen molar-refractivity contribution in [1.82, 2.24) is 45.6 Å². The van der Waals surface area contributed by atoms with Gasteiger partial charge in [0.2, 0.25) is 11.9 Å². The lowest BCUT2D eigenvalue weighted by molar-refractivity contribution is 1.02. The summed E-state index contributed by atoms with van der Waals surface area (Å²) in [5, 5.41) is 28.8. The summed E-state index contributed by atoms with van der Waals surface area (Å²) in [5.41, 5.74) is 17.5. The van der Waals surface area contributed by atoms with Crippen molar-refractivity contribution in [1.29, 1.82) is 0 Å². The second kappa shape index (κ2) is 16.9. The Morgan fingerprint density at radius 2 is 1.07 bits per heavy atom. The van der Waals surface area contributed by atoms with E-state index >= 15 is 0 Å². The molecule has 14 nitrogen and oxygen atoms in total. The van der Waals surface area contributed by atoms with E-state index in [1.807, 2.05) is 63.6 Å². The molecule has 0 amide bonds. The third-order valence-electron chi connectivity index (χ3n) is 8.92. The van der Waals surface area contributed by atoms with Gasteiger partial charge in [-0.25, -0.2) is 4.98 Å². The van der Waals surface area contributed by atoms with Gasteiger partial charge in [-0.15, -0.1) is 22.7 Å². The van der Waals surface area contributed by atoms with E-state index in [9.17, 15) is 0 Å². The molecule has 0 saturated heterocycles. The fourth-order valence-electron chi connectivity index (χ4n) is 6.42. The van der Waals surface area contributed by atoms with Crippen molar-refractivity contribution < 1.29 is 0 Å². The lowest BCUT2D eigenvalue weighted by Gasteiger charge is -2.14. The van der Waals surface area contributed by atoms with E-state index in [1.54, 1.807) is 34.9 Å². The Kier molecular flexibility index (Phi) is 11.2. The molecular weight excluding hydrogens is 800 g/mol. The van der Waals surface area contributed by atoms with Crippen LogP contribution >= 0.6 is 34.3 Å².